The molecule has 0 radical (unpaired) electrons. The third-order valence-corrected chi connectivity index (χ3v) is 5.19. The molecular formula is C20H41N5O6. The molecule has 31 heavy (non-hydrogen) atoms. The number of hydrogen-bond donors (Lipinski definition) is 1. The van der Waals surface area contributed by atoms with E-state index in [0.29, 0.717) is 52.7 Å². The van der Waals surface area contributed by atoms with Gasteiger partial charge in [0.15, 0.2) is 0 Å². The van der Waals surface area contributed by atoms with Gasteiger partial charge >= 0.3 is 0 Å². The van der Waals surface area contributed by atoms with Gasteiger partial charge in [-0.3, -0.25) is 24.4 Å². The van der Waals surface area contributed by atoms with Gasteiger partial charge in [-0.2, -0.15) is 0 Å². The van der Waals surface area contributed by atoms with E-state index in [0.717, 1.165) is 51.9 Å². The van der Waals surface area contributed by atoms with E-state index in [4.69, 9.17) is 19.6 Å². The minimum Gasteiger partial charge on any atom is -0.355 e. The molecule has 1 saturated heterocycles. The smallest absolute Gasteiger partial charge is 0.234 e. The number of aldehydes is 1. The van der Waals surface area contributed by atoms with Crippen LogP contribution in [0, 0.1) is 0 Å². The lowest BCUT2D eigenvalue weighted by molar-refractivity contribution is -0.300. The van der Waals surface area contributed by atoms with Gasteiger partial charge < -0.3 is 10.1 Å². The van der Waals surface area contributed by atoms with Crippen molar-refractivity contribution in [1.82, 2.24) is 24.9 Å². The van der Waals surface area contributed by atoms with Crippen molar-refractivity contribution >= 4 is 12.2 Å². The molecule has 11 heteroatoms. The lowest BCUT2D eigenvalue weighted by Gasteiger charge is -2.33. The van der Waals surface area contributed by atoms with Gasteiger partial charge in [-0.25, -0.2) is 19.6 Å². The molecule has 0 aliphatic carbocycles. The minimum atomic E-state index is 0.0325. The highest BCUT2D eigenvalue weighted by atomic mass is 17.2. The quantitative estimate of drug-likeness (QED) is 0.171. The highest BCUT2D eigenvalue weighted by molar-refractivity contribution is 5.77. The van der Waals surface area contributed by atoms with Crippen molar-refractivity contribution in [2.45, 2.75) is 19.8 Å². The van der Waals surface area contributed by atoms with E-state index in [1.54, 1.807) is 0 Å². The number of rotatable bonds is 13. The normalized spacial score (nSPS) is 18.9. The maximum atomic E-state index is 12.4. The zero-order valence-corrected chi connectivity index (χ0v) is 19.4. The first-order valence-corrected chi connectivity index (χ1v) is 11.0. The Kier molecular flexibility index (Phi) is 16.5. The number of hydrogen-bond acceptors (Lipinski definition) is 10. The average Bonchev–Trinajstić information content (AvgIpc) is 2.76. The first-order chi connectivity index (χ1) is 15.1. The van der Waals surface area contributed by atoms with Crippen molar-refractivity contribution < 1.29 is 29.1 Å². The molecule has 1 amide bonds. The number of amides is 1. The van der Waals surface area contributed by atoms with Gasteiger partial charge in [0.2, 0.25) is 5.91 Å². The lowest BCUT2D eigenvalue weighted by Crippen LogP contribution is -2.48. The van der Waals surface area contributed by atoms with Crippen molar-refractivity contribution in [2.24, 2.45) is 0 Å². The Labute approximate surface area is 186 Å². The molecule has 182 valence electrons. The number of unbranched alkanes of at least 4 members (excludes halogenated alkanes) is 1. The van der Waals surface area contributed by atoms with Crippen molar-refractivity contribution in [2.75, 3.05) is 99.7 Å². The standard InChI is InChI=1S/C20H41N5O6/c1-4-5-6-21-20(27)17-23-9-7-22(15-16-26)8-11-24(18-30-28-2)13-14-25(12-10-23)19-31-29-3/h16H,4-15,17-19H2,1-3H3,(H,21,27). The summed E-state index contributed by atoms with van der Waals surface area (Å²) in [4.78, 5) is 51.8. The summed E-state index contributed by atoms with van der Waals surface area (Å²) >= 11 is 0. The highest BCUT2D eigenvalue weighted by Gasteiger charge is 2.18. The summed E-state index contributed by atoms with van der Waals surface area (Å²) in [5.74, 6) is 0.0325. The highest BCUT2D eigenvalue weighted by Crippen LogP contribution is 2.01. The van der Waals surface area contributed by atoms with E-state index in [2.05, 4.69) is 31.8 Å². The van der Waals surface area contributed by atoms with Gasteiger partial charge in [-0.15, -0.1) is 0 Å². The van der Waals surface area contributed by atoms with Gasteiger partial charge in [0.1, 0.15) is 19.7 Å². The second-order valence-electron chi connectivity index (χ2n) is 7.51. The Bertz CT molecular complexity index is 473. The molecule has 11 nitrogen and oxygen atoms in total. The molecule has 0 spiro atoms. The second kappa shape index (κ2) is 18.4. The van der Waals surface area contributed by atoms with Crippen LogP contribution in [0.3, 0.4) is 0 Å². The summed E-state index contributed by atoms with van der Waals surface area (Å²) in [5.41, 5.74) is 0. The molecule has 1 rings (SSSR count). The van der Waals surface area contributed by atoms with Crippen LogP contribution in [0.2, 0.25) is 0 Å². The van der Waals surface area contributed by atoms with Crippen LogP contribution in [0.15, 0.2) is 0 Å². The topological polar surface area (TPSA) is 96.1 Å². The van der Waals surface area contributed by atoms with Gasteiger partial charge in [-0.1, -0.05) is 13.3 Å². The first kappa shape index (κ1) is 27.9. The summed E-state index contributed by atoms with van der Waals surface area (Å²) in [6, 6.07) is 0. The van der Waals surface area contributed by atoms with Crippen molar-refractivity contribution in [1.29, 1.82) is 0 Å². The Balaban J connectivity index is 2.77. The number of carbonyl (C=O) groups is 2. The zero-order chi connectivity index (χ0) is 22.7. The molecule has 1 aliphatic rings. The Morgan fingerprint density at radius 2 is 1.32 bits per heavy atom. The predicted molar refractivity (Wildman–Crippen MR) is 116 cm³/mol. The van der Waals surface area contributed by atoms with E-state index in [1.807, 2.05) is 0 Å². The van der Waals surface area contributed by atoms with E-state index >= 15 is 0 Å². The number of carbonyl (C=O) groups excluding carboxylic acids is 2. The molecule has 0 aromatic heterocycles. The third-order valence-electron chi connectivity index (χ3n) is 5.19. The maximum Gasteiger partial charge on any atom is 0.234 e. The molecule has 0 bridgehead atoms. The SMILES string of the molecule is CCCCNC(=O)CN1CCN(CC=O)CCN(COOC)CCN(COOC)CC1. The maximum absolute atomic E-state index is 12.4. The van der Waals surface area contributed by atoms with Crippen LogP contribution in [0.25, 0.3) is 0 Å². The molecule has 1 aliphatic heterocycles. The van der Waals surface area contributed by atoms with Gasteiger partial charge in [-0.05, 0) is 6.42 Å². The van der Waals surface area contributed by atoms with Crippen LogP contribution in [-0.4, -0.2) is 131 Å². The summed E-state index contributed by atoms with van der Waals surface area (Å²) < 4.78 is 0. The van der Waals surface area contributed by atoms with Crippen LogP contribution in [0.1, 0.15) is 19.8 Å². The second-order valence-corrected chi connectivity index (χ2v) is 7.51. The average molecular weight is 448 g/mol. The summed E-state index contributed by atoms with van der Waals surface area (Å²) in [7, 11) is 2.98. The molecule has 1 heterocycles. The lowest BCUT2D eigenvalue weighted by atomic mass is 10.3. The van der Waals surface area contributed by atoms with Gasteiger partial charge in [0, 0.05) is 58.9 Å². The fraction of sp³-hybridized carbons (Fsp3) is 0.900. The van der Waals surface area contributed by atoms with Crippen molar-refractivity contribution in [3.8, 4) is 0 Å². The summed E-state index contributed by atoms with van der Waals surface area (Å²) in [6.45, 7) is 9.94. The largest absolute Gasteiger partial charge is 0.355 e. The van der Waals surface area contributed by atoms with Gasteiger partial charge in [0.05, 0.1) is 27.3 Å². The molecule has 0 aromatic carbocycles. The molecule has 1 fully saturated rings. The molecular weight excluding hydrogens is 406 g/mol. The Morgan fingerprint density at radius 1 is 0.839 bits per heavy atom. The van der Waals surface area contributed by atoms with Gasteiger partial charge in [0.25, 0.3) is 0 Å². The Hall–Kier alpha value is -1.18. The minimum absolute atomic E-state index is 0.0325. The fourth-order valence-electron chi connectivity index (χ4n) is 3.20. The third kappa shape index (κ3) is 13.8. The van der Waals surface area contributed by atoms with Crippen molar-refractivity contribution in [3.05, 3.63) is 0 Å². The molecule has 1 N–H and O–H groups in total. The van der Waals surface area contributed by atoms with Crippen LogP contribution in [0.4, 0.5) is 0 Å². The van der Waals surface area contributed by atoms with Crippen LogP contribution >= 0.6 is 0 Å². The zero-order valence-electron chi connectivity index (χ0n) is 19.4. The predicted octanol–water partition coefficient (Wildman–Crippen LogP) is -0.606. The van der Waals surface area contributed by atoms with Crippen LogP contribution < -0.4 is 5.32 Å². The van der Waals surface area contributed by atoms with E-state index < -0.39 is 0 Å². The van der Waals surface area contributed by atoms with E-state index in [9.17, 15) is 9.59 Å². The first-order valence-electron chi connectivity index (χ1n) is 11.0. The van der Waals surface area contributed by atoms with Crippen LogP contribution in [-0.2, 0) is 29.1 Å². The molecule has 0 unspecified atom stereocenters. The molecule has 0 atom stereocenters. The summed E-state index contributed by atoms with van der Waals surface area (Å²) in [5, 5.41) is 2.98. The molecule has 0 aromatic rings. The monoisotopic (exact) mass is 447 g/mol. The van der Waals surface area contributed by atoms with E-state index in [-0.39, 0.29) is 5.91 Å². The molecule has 0 saturated carbocycles. The fourth-order valence-corrected chi connectivity index (χ4v) is 3.20. The number of nitrogens with one attached hydrogen (secondary N) is 1. The van der Waals surface area contributed by atoms with Crippen molar-refractivity contribution in [3.63, 3.8) is 0 Å². The number of nitrogens with zero attached hydrogens (tertiary/aromatic N) is 4. The van der Waals surface area contributed by atoms with Crippen LogP contribution in [0.5, 0.6) is 0 Å². The van der Waals surface area contributed by atoms with E-state index in [1.165, 1.54) is 14.2 Å². The summed E-state index contributed by atoms with van der Waals surface area (Å²) in [6.07, 6.45) is 2.95. The Morgan fingerprint density at radius 3 is 1.77 bits per heavy atom.